The molecule has 0 aromatic carbocycles. The molecule has 0 aliphatic carbocycles. The molecule has 1 aliphatic rings. The van der Waals surface area contributed by atoms with E-state index >= 15 is 0 Å². The first-order valence-corrected chi connectivity index (χ1v) is 8.32. The molecule has 0 bridgehead atoms. The molecule has 8 heteroatoms. The number of piperidine rings is 1. The predicted octanol–water partition coefficient (Wildman–Crippen LogP) is 3.21. The molecule has 1 atom stereocenters. The highest BCUT2D eigenvalue weighted by molar-refractivity contribution is 7.71. The number of hydrogen-bond acceptors (Lipinski definition) is 4. The first-order valence-electron chi connectivity index (χ1n) is 6.72. The first-order chi connectivity index (χ1) is 10.1. The summed E-state index contributed by atoms with van der Waals surface area (Å²) in [5, 5.41) is 7.11. The molecular weight excluding hydrogens is 328 g/mol. The van der Waals surface area contributed by atoms with Gasteiger partial charge in [0.25, 0.3) is 5.91 Å². The molecule has 1 saturated heterocycles. The van der Waals surface area contributed by atoms with Crippen molar-refractivity contribution >= 4 is 41.1 Å². The second-order valence-corrected chi connectivity index (χ2v) is 7.24. The lowest BCUT2D eigenvalue weighted by atomic mass is 9.97. The van der Waals surface area contributed by atoms with Gasteiger partial charge in [-0.1, -0.05) is 11.6 Å². The van der Waals surface area contributed by atoms with Crippen LogP contribution in [0.4, 0.5) is 0 Å². The fourth-order valence-electron chi connectivity index (χ4n) is 2.68. The van der Waals surface area contributed by atoms with Crippen molar-refractivity contribution in [1.29, 1.82) is 0 Å². The summed E-state index contributed by atoms with van der Waals surface area (Å²) in [6.45, 7) is 1.45. The van der Waals surface area contributed by atoms with Gasteiger partial charge in [-0.15, -0.1) is 11.3 Å². The Labute approximate surface area is 136 Å². The van der Waals surface area contributed by atoms with Crippen LogP contribution in [0.25, 0.3) is 0 Å². The number of rotatable bonds is 2. The Morgan fingerprint density at radius 3 is 3.00 bits per heavy atom. The number of carbonyl (C=O) groups excluding carboxylic acids is 1. The quantitative estimate of drug-likeness (QED) is 0.853. The van der Waals surface area contributed by atoms with Crippen LogP contribution >= 0.6 is 35.2 Å². The largest absolute Gasteiger partial charge is 0.337 e. The highest BCUT2D eigenvalue weighted by Crippen LogP contribution is 2.28. The van der Waals surface area contributed by atoms with Gasteiger partial charge in [-0.25, -0.2) is 0 Å². The monoisotopic (exact) mass is 342 g/mol. The fraction of sp³-hybridized carbons (Fsp3) is 0.462. The van der Waals surface area contributed by atoms with E-state index in [0.29, 0.717) is 20.5 Å². The van der Waals surface area contributed by atoms with Crippen LogP contribution in [0.2, 0.25) is 4.34 Å². The summed E-state index contributed by atoms with van der Waals surface area (Å²) in [4.78, 5) is 15.1. The molecule has 1 amide bonds. The summed E-state index contributed by atoms with van der Waals surface area (Å²) in [5.41, 5.74) is 0. The van der Waals surface area contributed by atoms with E-state index in [1.54, 1.807) is 12.1 Å². The van der Waals surface area contributed by atoms with Crippen LogP contribution in [-0.4, -0.2) is 38.7 Å². The summed E-state index contributed by atoms with van der Waals surface area (Å²) in [6, 6.07) is 3.55. The number of thiophene rings is 1. The molecule has 3 heterocycles. The van der Waals surface area contributed by atoms with Gasteiger partial charge >= 0.3 is 0 Å². The maximum absolute atomic E-state index is 12.5. The number of halogens is 1. The highest BCUT2D eigenvalue weighted by atomic mass is 35.5. The minimum atomic E-state index is 0.0494. The maximum atomic E-state index is 12.5. The molecule has 0 spiro atoms. The maximum Gasteiger partial charge on any atom is 0.263 e. The number of aromatic amines is 1. The van der Waals surface area contributed by atoms with Crippen LogP contribution in [0.3, 0.4) is 0 Å². The van der Waals surface area contributed by atoms with Crippen molar-refractivity contribution in [3.8, 4) is 0 Å². The zero-order chi connectivity index (χ0) is 15.0. The van der Waals surface area contributed by atoms with E-state index in [2.05, 4.69) is 10.2 Å². The molecule has 0 saturated carbocycles. The summed E-state index contributed by atoms with van der Waals surface area (Å²) < 4.78 is 3.13. The van der Waals surface area contributed by atoms with E-state index in [9.17, 15) is 4.79 Å². The van der Waals surface area contributed by atoms with E-state index in [1.807, 2.05) is 16.5 Å². The Balaban J connectivity index is 1.78. The van der Waals surface area contributed by atoms with Gasteiger partial charge in [-0.3, -0.25) is 9.89 Å². The standard InChI is InChI=1S/C13H15ClN4OS2/c1-17-11(15-16-13(17)20)8-3-2-6-18(7-8)12(19)9-4-5-10(14)21-9/h4-5,8H,2-3,6-7H2,1H3,(H,16,20)/t8-/m1/s1. The number of aromatic nitrogens is 3. The van der Waals surface area contributed by atoms with Crippen molar-refractivity contribution in [3.63, 3.8) is 0 Å². The van der Waals surface area contributed by atoms with Gasteiger partial charge in [0.15, 0.2) is 4.77 Å². The van der Waals surface area contributed by atoms with Crippen molar-refractivity contribution in [2.75, 3.05) is 13.1 Å². The van der Waals surface area contributed by atoms with Crippen LogP contribution in [0, 0.1) is 4.77 Å². The lowest BCUT2D eigenvalue weighted by molar-refractivity contribution is 0.0708. The molecule has 5 nitrogen and oxygen atoms in total. The molecule has 112 valence electrons. The zero-order valence-corrected chi connectivity index (χ0v) is 13.9. The third-order valence-corrected chi connectivity index (χ3v) is 5.36. The Hall–Kier alpha value is -1.18. The first kappa shape index (κ1) is 14.7. The van der Waals surface area contributed by atoms with Crippen LogP contribution < -0.4 is 0 Å². The summed E-state index contributed by atoms with van der Waals surface area (Å²) >= 11 is 12.4. The number of H-pyrrole nitrogens is 1. The summed E-state index contributed by atoms with van der Waals surface area (Å²) in [5.74, 6) is 1.19. The Bertz CT molecular complexity index is 720. The molecule has 2 aromatic heterocycles. The van der Waals surface area contributed by atoms with Crippen molar-refractivity contribution < 1.29 is 4.79 Å². The van der Waals surface area contributed by atoms with Crippen LogP contribution in [0.15, 0.2) is 12.1 Å². The number of carbonyl (C=O) groups is 1. The number of nitrogens with zero attached hydrogens (tertiary/aromatic N) is 3. The molecular formula is C13H15ClN4OS2. The van der Waals surface area contributed by atoms with Gasteiger partial charge < -0.3 is 9.47 Å². The Kier molecular flexibility index (Phi) is 4.14. The Morgan fingerprint density at radius 1 is 1.57 bits per heavy atom. The highest BCUT2D eigenvalue weighted by Gasteiger charge is 2.28. The lowest BCUT2D eigenvalue weighted by Gasteiger charge is -2.31. The summed E-state index contributed by atoms with van der Waals surface area (Å²) in [6.07, 6.45) is 1.98. The minimum absolute atomic E-state index is 0.0494. The third-order valence-electron chi connectivity index (χ3n) is 3.77. The number of amides is 1. The minimum Gasteiger partial charge on any atom is -0.337 e. The van der Waals surface area contributed by atoms with Gasteiger partial charge in [0.1, 0.15) is 5.82 Å². The van der Waals surface area contributed by atoms with E-state index in [-0.39, 0.29) is 11.8 Å². The van der Waals surface area contributed by atoms with Gasteiger partial charge in [0.2, 0.25) is 0 Å². The van der Waals surface area contributed by atoms with Crippen molar-refractivity contribution in [3.05, 3.63) is 31.9 Å². The molecule has 1 aliphatic heterocycles. The van der Waals surface area contributed by atoms with E-state index in [4.69, 9.17) is 23.8 Å². The second-order valence-electron chi connectivity index (χ2n) is 5.14. The molecule has 1 N–H and O–H groups in total. The van der Waals surface area contributed by atoms with Crippen molar-refractivity contribution in [1.82, 2.24) is 19.7 Å². The van der Waals surface area contributed by atoms with Crippen LogP contribution in [-0.2, 0) is 7.05 Å². The van der Waals surface area contributed by atoms with E-state index < -0.39 is 0 Å². The Morgan fingerprint density at radius 2 is 2.38 bits per heavy atom. The summed E-state index contributed by atoms with van der Waals surface area (Å²) in [7, 11) is 1.90. The van der Waals surface area contributed by atoms with Crippen LogP contribution in [0.5, 0.6) is 0 Å². The number of likely N-dealkylation sites (tertiary alicyclic amines) is 1. The topological polar surface area (TPSA) is 53.9 Å². The smallest absolute Gasteiger partial charge is 0.263 e. The molecule has 2 aromatic rings. The van der Waals surface area contributed by atoms with Gasteiger partial charge in [0, 0.05) is 26.1 Å². The van der Waals surface area contributed by atoms with Crippen LogP contribution in [0.1, 0.15) is 34.3 Å². The molecule has 1 fully saturated rings. The molecule has 0 unspecified atom stereocenters. The van der Waals surface area contributed by atoms with Gasteiger partial charge in [-0.05, 0) is 37.2 Å². The van der Waals surface area contributed by atoms with E-state index in [0.717, 1.165) is 25.2 Å². The molecule has 3 rings (SSSR count). The lowest BCUT2D eigenvalue weighted by Crippen LogP contribution is -2.39. The fourth-order valence-corrected chi connectivity index (χ4v) is 3.83. The zero-order valence-electron chi connectivity index (χ0n) is 11.5. The van der Waals surface area contributed by atoms with Gasteiger partial charge in [0.05, 0.1) is 9.21 Å². The molecule has 0 radical (unpaired) electrons. The van der Waals surface area contributed by atoms with E-state index in [1.165, 1.54) is 11.3 Å². The number of nitrogens with one attached hydrogen (secondary N) is 1. The normalized spacial score (nSPS) is 19.0. The molecule has 21 heavy (non-hydrogen) atoms. The average Bonchev–Trinajstić information content (AvgIpc) is 3.06. The van der Waals surface area contributed by atoms with Crippen molar-refractivity contribution in [2.45, 2.75) is 18.8 Å². The predicted molar refractivity (Wildman–Crippen MR) is 85.6 cm³/mol. The SMILES string of the molecule is Cn1c([C@@H]2CCCN(C(=O)c3ccc(Cl)s3)C2)n[nH]c1=S. The van der Waals surface area contributed by atoms with Crippen molar-refractivity contribution in [2.24, 2.45) is 7.05 Å². The second kappa shape index (κ2) is 5.90. The van der Waals surface area contributed by atoms with Gasteiger partial charge in [-0.2, -0.15) is 5.10 Å². The number of hydrogen-bond donors (Lipinski definition) is 1. The average molecular weight is 343 g/mol. The third kappa shape index (κ3) is 2.90.